The van der Waals surface area contributed by atoms with Crippen molar-refractivity contribution >= 4 is 21.9 Å². The maximum Gasteiger partial charge on any atom is 0.320 e. The fourth-order valence-electron chi connectivity index (χ4n) is 2.59. The average molecular weight is 312 g/mol. The first-order valence-electron chi connectivity index (χ1n) is 6.30. The number of benzene rings is 1. The molecule has 0 aliphatic carbocycles. The topological polar surface area (TPSA) is 40.5 Å². The molecule has 3 nitrogen and oxygen atoms in total. The third kappa shape index (κ3) is 3.12. The molecule has 2 atom stereocenters. The summed E-state index contributed by atoms with van der Waals surface area (Å²) in [7, 11) is 0. The number of hydrogen-bond acceptors (Lipinski definition) is 2. The van der Waals surface area contributed by atoms with E-state index in [0.29, 0.717) is 5.92 Å². The number of aliphatic carboxylic acids is 1. The van der Waals surface area contributed by atoms with E-state index in [0.717, 1.165) is 30.4 Å². The van der Waals surface area contributed by atoms with E-state index >= 15 is 0 Å². The number of halogens is 1. The lowest BCUT2D eigenvalue weighted by Gasteiger charge is -2.25. The van der Waals surface area contributed by atoms with Crippen LogP contribution in [0, 0.1) is 0 Å². The fourth-order valence-corrected chi connectivity index (χ4v) is 3.01. The number of carboxylic acids is 1. The number of carbonyl (C=O) groups is 1. The highest BCUT2D eigenvalue weighted by molar-refractivity contribution is 9.10. The predicted molar refractivity (Wildman–Crippen MR) is 74.8 cm³/mol. The van der Waals surface area contributed by atoms with Gasteiger partial charge in [-0.25, -0.2) is 0 Å². The zero-order valence-corrected chi connectivity index (χ0v) is 12.1. The summed E-state index contributed by atoms with van der Waals surface area (Å²) in [4.78, 5) is 13.2. The average Bonchev–Trinajstić information content (AvgIpc) is 2.77. The van der Waals surface area contributed by atoms with Gasteiger partial charge in [-0.2, -0.15) is 0 Å². The highest BCUT2D eigenvalue weighted by Crippen LogP contribution is 2.25. The van der Waals surface area contributed by atoms with Crippen molar-refractivity contribution in [3.63, 3.8) is 0 Å². The van der Waals surface area contributed by atoms with Gasteiger partial charge in [0.1, 0.15) is 6.04 Å². The Morgan fingerprint density at radius 2 is 2.39 bits per heavy atom. The first kappa shape index (κ1) is 13.6. The summed E-state index contributed by atoms with van der Waals surface area (Å²) in [5, 5.41) is 9.16. The minimum Gasteiger partial charge on any atom is -0.480 e. The Bertz CT molecular complexity index is 436. The minimum absolute atomic E-state index is 0.292. The van der Waals surface area contributed by atoms with E-state index in [4.69, 9.17) is 5.11 Å². The molecule has 1 aliphatic heterocycles. The summed E-state index contributed by atoms with van der Waals surface area (Å²) < 4.78 is 1.07. The van der Waals surface area contributed by atoms with Gasteiger partial charge >= 0.3 is 5.97 Å². The van der Waals surface area contributed by atoms with Crippen molar-refractivity contribution in [2.45, 2.75) is 31.7 Å². The second-order valence-corrected chi connectivity index (χ2v) is 5.86. The van der Waals surface area contributed by atoms with Gasteiger partial charge in [-0.15, -0.1) is 0 Å². The molecule has 1 saturated heterocycles. The maximum atomic E-state index is 11.1. The van der Waals surface area contributed by atoms with Crippen LogP contribution in [0.5, 0.6) is 0 Å². The van der Waals surface area contributed by atoms with E-state index in [1.54, 1.807) is 0 Å². The standard InChI is InChI=1S/C14H18BrNO2/c1-10(11-4-2-5-12(15)8-11)9-16-7-3-6-13(16)14(17)18/h2,4-5,8,10,13H,3,6-7,9H2,1H3,(H,17,18)/t10?,13-/m1/s1. The van der Waals surface area contributed by atoms with Crippen molar-refractivity contribution in [2.24, 2.45) is 0 Å². The zero-order valence-electron chi connectivity index (χ0n) is 10.5. The van der Waals surface area contributed by atoms with Crippen LogP contribution in [-0.2, 0) is 4.79 Å². The van der Waals surface area contributed by atoms with E-state index in [1.165, 1.54) is 5.56 Å². The molecule has 1 unspecified atom stereocenters. The van der Waals surface area contributed by atoms with E-state index in [-0.39, 0.29) is 6.04 Å². The van der Waals surface area contributed by atoms with Gasteiger partial charge in [0.05, 0.1) is 0 Å². The number of nitrogens with zero attached hydrogens (tertiary/aromatic N) is 1. The number of rotatable bonds is 4. The van der Waals surface area contributed by atoms with Crippen molar-refractivity contribution in [2.75, 3.05) is 13.1 Å². The Labute approximate surface area is 116 Å². The van der Waals surface area contributed by atoms with Crippen molar-refractivity contribution in [3.8, 4) is 0 Å². The van der Waals surface area contributed by atoms with Gasteiger partial charge in [0.15, 0.2) is 0 Å². The van der Waals surface area contributed by atoms with Gasteiger partial charge in [-0.05, 0) is 43.0 Å². The van der Waals surface area contributed by atoms with Crippen molar-refractivity contribution in [3.05, 3.63) is 34.3 Å². The van der Waals surface area contributed by atoms with Gasteiger partial charge in [-0.3, -0.25) is 9.69 Å². The van der Waals surface area contributed by atoms with Crippen LogP contribution in [0.15, 0.2) is 28.7 Å². The van der Waals surface area contributed by atoms with Gasteiger partial charge in [0, 0.05) is 11.0 Å². The molecule has 0 aromatic heterocycles. The maximum absolute atomic E-state index is 11.1. The van der Waals surface area contributed by atoms with E-state index in [9.17, 15) is 4.79 Å². The summed E-state index contributed by atoms with van der Waals surface area (Å²) >= 11 is 3.47. The third-order valence-corrected chi connectivity index (χ3v) is 4.07. The Hall–Kier alpha value is -0.870. The monoisotopic (exact) mass is 311 g/mol. The van der Waals surface area contributed by atoms with Gasteiger partial charge in [0.2, 0.25) is 0 Å². The second kappa shape index (κ2) is 5.85. The van der Waals surface area contributed by atoms with Crippen molar-refractivity contribution in [1.29, 1.82) is 0 Å². The molecule has 2 rings (SSSR count). The van der Waals surface area contributed by atoms with E-state index in [2.05, 4.69) is 39.9 Å². The van der Waals surface area contributed by atoms with Crippen LogP contribution in [0.2, 0.25) is 0 Å². The fraction of sp³-hybridized carbons (Fsp3) is 0.500. The molecule has 1 aromatic rings. The summed E-state index contributed by atoms with van der Waals surface area (Å²) in [6.45, 7) is 3.86. The number of likely N-dealkylation sites (tertiary alicyclic amines) is 1. The summed E-state index contributed by atoms with van der Waals surface area (Å²) in [5.74, 6) is -0.337. The van der Waals surface area contributed by atoms with Crippen LogP contribution in [0.25, 0.3) is 0 Å². The molecule has 0 spiro atoms. The molecule has 1 heterocycles. The lowest BCUT2D eigenvalue weighted by molar-refractivity contribution is -0.142. The first-order valence-corrected chi connectivity index (χ1v) is 7.09. The Morgan fingerprint density at radius 3 is 3.06 bits per heavy atom. The van der Waals surface area contributed by atoms with Gasteiger partial charge in [-0.1, -0.05) is 35.0 Å². The van der Waals surface area contributed by atoms with Crippen molar-refractivity contribution < 1.29 is 9.90 Å². The van der Waals surface area contributed by atoms with E-state index in [1.807, 2.05) is 12.1 Å². The molecule has 1 fully saturated rings. The Kier molecular flexibility index (Phi) is 4.40. The molecular weight excluding hydrogens is 294 g/mol. The SMILES string of the molecule is CC(CN1CCC[C@@H]1C(=O)O)c1cccc(Br)c1. The second-order valence-electron chi connectivity index (χ2n) is 4.95. The molecule has 0 bridgehead atoms. The number of hydrogen-bond donors (Lipinski definition) is 1. The normalized spacial score (nSPS) is 22.0. The molecule has 18 heavy (non-hydrogen) atoms. The Balaban J connectivity index is 2.03. The largest absolute Gasteiger partial charge is 0.480 e. The zero-order chi connectivity index (χ0) is 13.1. The van der Waals surface area contributed by atoms with Crippen LogP contribution in [0.3, 0.4) is 0 Å². The molecule has 0 radical (unpaired) electrons. The van der Waals surface area contributed by atoms with Crippen molar-refractivity contribution in [1.82, 2.24) is 4.90 Å². The molecular formula is C14H18BrNO2. The van der Waals surface area contributed by atoms with Crippen LogP contribution in [0.1, 0.15) is 31.2 Å². The summed E-state index contributed by atoms with van der Waals surface area (Å²) in [5.41, 5.74) is 1.25. The lowest BCUT2D eigenvalue weighted by atomic mass is 10.0. The van der Waals surface area contributed by atoms with E-state index < -0.39 is 5.97 Å². The van der Waals surface area contributed by atoms with Crippen LogP contribution in [-0.4, -0.2) is 35.1 Å². The first-order chi connectivity index (χ1) is 8.58. The molecule has 1 aromatic carbocycles. The van der Waals surface area contributed by atoms with Gasteiger partial charge in [0.25, 0.3) is 0 Å². The molecule has 0 saturated carbocycles. The Morgan fingerprint density at radius 1 is 1.61 bits per heavy atom. The van der Waals surface area contributed by atoms with Crippen LogP contribution >= 0.6 is 15.9 Å². The highest BCUT2D eigenvalue weighted by atomic mass is 79.9. The molecule has 98 valence electrons. The third-order valence-electron chi connectivity index (χ3n) is 3.57. The molecule has 4 heteroatoms. The highest BCUT2D eigenvalue weighted by Gasteiger charge is 2.31. The van der Waals surface area contributed by atoms with Gasteiger partial charge < -0.3 is 5.11 Å². The van der Waals surface area contributed by atoms with Crippen LogP contribution < -0.4 is 0 Å². The van der Waals surface area contributed by atoms with Crippen LogP contribution in [0.4, 0.5) is 0 Å². The summed E-state index contributed by atoms with van der Waals surface area (Å²) in [6.07, 6.45) is 1.77. The molecule has 1 N–H and O–H groups in total. The molecule has 0 amide bonds. The molecule has 1 aliphatic rings. The summed E-state index contributed by atoms with van der Waals surface area (Å²) in [6, 6.07) is 7.94. The quantitative estimate of drug-likeness (QED) is 0.929. The smallest absolute Gasteiger partial charge is 0.320 e. The predicted octanol–water partition coefficient (Wildman–Crippen LogP) is 3.10. The minimum atomic E-state index is -0.686. The lowest BCUT2D eigenvalue weighted by Crippen LogP contribution is -2.38. The number of carboxylic acid groups (broad SMARTS) is 1.